The number of thiophene rings is 1. The molecular formula is C25H18N2O2S. The molecule has 0 aliphatic carbocycles. The van der Waals surface area contributed by atoms with Gasteiger partial charge in [-0.15, -0.1) is 11.3 Å². The van der Waals surface area contributed by atoms with Crippen LogP contribution in [0.3, 0.4) is 0 Å². The molecule has 2 aromatic heterocycles. The highest BCUT2D eigenvalue weighted by Crippen LogP contribution is 2.45. The molecular weight excluding hydrogens is 392 g/mol. The average Bonchev–Trinajstić information content (AvgIpc) is 3.24. The van der Waals surface area contributed by atoms with Crippen LogP contribution >= 0.6 is 11.3 Å². The van der Waals surface area contributed by atoms with Gasteiger partial charge in [0.05, 0.1) is 11.3 Å². The minimum atomic E-state index is -0.593. The quantitative estimate of drug-likeness (QED) is 0.412. The molecule has 0 spiro atoms. The van der Waals surface area contributed by atoms with Gasteiger partial charge in [-0.3, -0.25) is 4.98 Å². The Morgan fingerprint density at radius 3 is 2.23 bits per heavy atom. The number of nitrogens with one attached hydrogen (secondary N) is 1. The number of aliphatic hydroxyl groups is 1. The van der Waals surface area contributed by atoms with E-state index in [-0.39, 0.29) is 5.76 Å². The van der Waals surface area contributed by atoms with Gasteiger partial charge in [0.1, 0.15) is 23.1 Å². The Hall–Kier alpha value is -3.70. The van der Waals surface area contributed by atoms with Gasteiger partial charge in [0, 0.05) is 33.8 Å². The van der Waals surface area contributed by atoms with Crippen molar-refractivity contribution in [2.45, 2.75) is 6.04 Å². The maximum atomic E-state index is 11.7. The van der Waals surface area contributed by atoms with Gasteiger partial charge in [-0.25, -0.2) is 0 Å². The number of hydrogen-bond acceptors (Lipinski definition) is 5. The second kappa shape index (κ2) is 7.61. The number of rotatable bonds is 4. The van der Waals surface area contributed by atoms with Gasteiger partial charge < -0.3 is 15.2 Å². The van der Waals surface area contributed by atoms with Gasteiger partial charge in [0.15, 0.2) is 0 Å². The number of hydrogen-bond donors (Lipinski definition) is 2. The zero-order chi connectivity index (χ0) is 20.5. The maximum Gasteiger partial charge on any atom is 0.146 e. The third-order valence-corrected chi connectivity index (χ3v) is 6.16. The smallest absolute Gasteiger partial charge is 0.146 e. The van der Waals surface area contributed by atoms with E-state index in [1.54, 1.807) is 0 Å². The molecule has 0 saturated carbocycles. The fourth-order valence-corrected chi connectivity index (χ4v) is 4.79. The third kappa shape index (κ3) is 3.09. The van der Waals surface area contributed by atoms with E-state index < -0.39 is 6.04 Å². The van der Waals surface area contributed by atoms with E-state index in [1.165, 1.54) is 11.3 Å². The van der Waals surface area contributed by atoms with Crippen molar-refractivity contribution in [3.8, 4) is 22.4 Å². The van der Waals surface area contributed by atoms with Crippen molar-refractivity contribution in [3.63, 3.8) is 0 Å². The number of aromatic nitrogens is 1. The standard InChI is InChI=1S/C25H18N2O2S/c28-14-21-22(17-9-5-2-6-10-17)24(29)23-19(15-30-25(23)27-21)18-11-12-20(26-13-18)16-7-3-1-4-8-16/h1-15,21,27,29H. The number of aliphatic hydroxyl groups excluding tert-OH is 1. The second-order valence-electron chi connectivity index (χ2n) is 7.04. The van der Waals surface area contributed by atoms with Gasteiger partial charge in [0.2, 0.25) is 0 Å². The van der Waals surface area contributed by atoms with E-state index in [4.69, 9.17) is 0 Å². The first-order valence-corrected chi connectivity index (χ1v) is 10.5. The summed E-state index contributed by atoms with van der Waals surface area (Å²) < 4.78 is 0. The van der Waals surface area contributed by atoms with Crippen LogP contribution in [0.1, 0.15) is 11.1 Å². The fraction of sp³-hybridized carbons (Fsp3) is 0.0400. The molecule has 0 saturated heterocycles. The predicted octanol–water partition coefficient (Wildman–Crippen LogP) is 5.90. The molecule has 30 heavy (non-hydrogen) atoms. The summed E-state index contributed by atoms with van der Waals surface area (Å²) in [5.41, 5.74) is 5.88. The molecule has 0 bridgehead atoms. The number of anilines is 1. The molecule has 1 aliphatic rings. The molecule has 146 valence electrons. The molecule has 0 radical (unpaired) electrons. The summed E-state index contributed by atoms with van der Waals surface area (Å²) >= 11 is 1.48. The predicted molar refractivity (Wildman–Crippen MR) is 122 cm³/mol. The van der Waals surface area contributed by atoms with E-state index >= 15 is 0 Å². The van der Waals surface area contributed by atoms with Gasteiger partial charge in [0.25, 0.3) is 0 Å². The van der Waals surface area contributed by atoms with Gasteiger partial charge in [-0.05, 0) is 11.6 Å². The number of pyridine rings is 1. The summed E-state index contributed by atoms with van der Waals surface area (Å²) in [5, 5.41) is 17.2. The van der Waals surface area contributed by atoms with Crippen LogP contribution in [0.4, 0.5) is 5.00 Å². The van der Waals surface area contributed by atoms with Crippen molar-refractivity contribution in [2.75, 3.05) is 5.32 Å². The summed E-state index contributed by atoms with van der Waals surface area (Å²) in [5.74, 6) is 0.135. The molecule has 1 atom stereocenters. The molecule has 1 aliphatic heterocycles. The van der Waals surface area contributed by atoms with Crippen LogP contribution in [0.25, 0.3) is 33.7 Å². The first-order valence-electron chi connectivity index (χ1n) is 9.60. The Labute approximate surface area is 178 Å². The van der Waals surface area contributed by atoms with Crippen molar-refractivity contribution in [3.05, 3.63) is 95.5 Å². The van der Waals surface area contributed by atoms with Crippen LogP contribution in [0.15, 0.2) is 84.4 Å². The molecule has 4 nitrogen and oxygen atoms in total. The average molecular weight is 410 g/mol. The Balaban J connectivity index is 1.60. The topological polar surface area (TPSA) is 62.2 Å². The highest BCUT2D eigenvalue weighted by atomic mass is 32.1. The summed E-state index contributed by atoms with van der Waals surface area (Å²) in [4.78, 5) is 16.4. The van der Waals surface area contributed by atoms with Crippen LogP contribution in [0, 0.1) is 0 Å². The summed E-state index contributed by atoms with van der Waals surface area (Å²) in [7, 11) is 0. The highest BCUT2D eigenvalue weighted by Gasteiger charge is 2.31. The third-order valence-electron chi connectivity index (χ3n) is 5.25. The first kappa shape index (κ1) is 18.3. The van der Waals surface area contributed by atoms with Crippen LogP contribution in [-0.2, 0) is 4.79 Å². The first-order chi connectivity index (χ1) is 14.8. The molecule has 0 amide bonds. The van der Waals surface area contributed by atoms with Crippen molar-refractivity contribution in [1.29, 1.82) is 0 Å². The molecule has 3 heterocycles. The van der Waals surface area contributed by atoms with Gasteiger partial charge in [-0.1, -0.05) is 66.7 Å². The number of fused-ring (bicyclic) bond motifs is 1. The Kier molecular flexibility index (Phi) is 4.65. The summed E-state index contributed by atoms with van der Waals surface area (Å²) in [6, 6.07) is 22.9. The number of benzene rings is 2. The molecule has 2 aromatic carbocycles. The molecule has 4 aromatic rings. The molecule has 1 unspecified atom stereocenters. The maximum absolute atomic E-state index is 11.7. The van der Waals surface area contributed by atoms with Crippen LogP contribution in [0.2, 0.25) is 0 Å². The van der Waals surface area contributed by atoms with Gasteiger partial charge in [-0.2, -0.15) is 0 Å². The van der Waals surface area contributed by atoms with Crippen LogP contribution in [0.5, 0.6) is 0 Å². The summed E-state index contributed by atoms with van der Waals surface area (Å²) in [6.07, 6.45) is 2.66. The number of nitrogens with zero attached hydrogens (tertiary/aromatic N) is 1. The van der Waals surface area contributed by atoms with Crippen molar-refractivity contribution in [2.24, 2.45) is 0 Å². The fourth-order valence-electron chi connectivity index (χ4n) is 3.78. The number of aldehydes is 1. The number of carbonyl (C=O) groups is 1. The Morgan fingerprint density at radius 2 is 1.60 bits per heavy atom. The lowest BCUT2D eigenvalue weighted by Crippen LogP contribution is -2.27. The van der Waals surface area contributed by atoms with E-state index in [1.807, 2.05) is 84.4 Å². The van der Waals surface area contributed by atoms with E-state index in [0.29, 0.717) is 11.1 Å². The lowest BCUT2D eigenvalue weighted by molar-refractivity contribution is -0.107. The van der Waals surface area contributed by atoms with Crippen LogP contribution < -0.4 is 5.32 Å². The van der Waals surface area contributed by atoms with Crippen molar-refractivity contribution >= 4 is 34.0 Å². The molecule has 2 N–H and O–H groups in total. The lowest BCUT2D eigenvalue weighted by Gasteiger charge is -2.25. The Bertz CT molecular complexity index is 1230. The van der Waals surface area contributed by atoms with Gasteiger partial charge >= 0.3 is 0 Å². The van der Waals surface area contributed by atoms with E-state index in [0.717, 1.165) is 39.2 Å². The lowest BCUT2D eigenvalue weighted by atomic mass is 9.90. The van der Waals surface area contributed by atoms with Crippen LogP contribution in [-0.4, -0.2) is 22.4 Å². The zero-order valence-corrected chi connectivity index (χ0v) is 16.8. The van der Waals surface area contributed by atoms with E-state index in [2.05, 4.69) is 10.3 Å². The summed E-state index contributed by atoms with van der Waals surface area (Å²) in [6.45, 7) is 0. The SMILES string of the molecule is O=CC1Nc2scc(-c3ccc(-c4ccccc4)nc3)c2C(O)=C1c1ccccc1. The molecule has 5 rings (SSSR count). The van der Waals surface area contributed by atoms with Crippen molar-refractivity contribution < 1.29 is 9.90 Å². The second-order valence-corrected chi connectivity index (χ2v) is 7.92. The Morgan fingerprint density at radius 1 is 0.900 bits per heavy atom. The monoisotopic (exact) mass is 410 g/mol. The normalized spacial score (nSPS) is 15.4. The van der Waals surface area contributed by atoms with E-state index in [9.17, 15) is 9.90 Å². The van der Waals surface area contributed by atoms with Crippen molar-refractivity contribution in [1.82, 2.24) is 4.98 Å². The minimum Gasteiger partial charge on any atom is -0.507 e. The number of carbonyl (C=O) groups excluding carboxylic acids is 1. The molecule has 5 heteroatoms. The molecule has 0 fully saturated rings. The zero-order valence-electron chi connectivity index (χ0n) is 15.9. The highest BCUT2D eigenvalue weighted by molar-refractivity contribution is 7.15. The largest absolute Gasteiger partial charge is 0.507 e. The minimum absolute atomic E-state index is 0.135.